The predicted molar refractivity (Wildman–Crippen MR) is 79.8 cm³/mol. The highest BCUT2D eigenvalue weighted by atomic mass is 35.5. The van der Waals surface area contributed by atoms with Gasteiger partial charge >= 0.3 is 0 Å². The summed E-state index contributed by atoms with van der Waals surface area (Å²) < 4.78 is 0. The summed E-state index contributed by atoms with van der Waals surface area (Å²) in [5.74, 6) is 1.23. The third-order valence-electron chi connectivity index (χ3n) is 3.10. The Bertz CT molecular complexity index is 358. The van der Waals surface area contributed by atoms with E-state index in [0.29, 0.717) is 11.8 Å². The Kier molecular flexibility index (Phi) is 7.36. The lowest BCUT2D eigenvalue weighted by Gasteiger charge is -2.15. The molecule has 4 heteroatoms. The molecule has 1 rings (SSSR count). The maximum atomic E-state index is 12.1. The van der Waals surface area contributed by atoms with Gasteiger partial charge in [0, 0.05) is 12.4 Å². The van der Waals surface area contributed by atoms with E-state index in [9.17, 15) is 4.79 Å². The monoisotopic (exact) mass is 287 g/mol. The predicted octanol–water partition coefficient (Wildman–Crippen LogP) is 4.09. The van der Waals surface area contributed by atoms with Gasteiger partial charge in [-0.3, -0.25) is 4.79 Å². The fraction of sp³-hybridized carbons (Fsp3) is 0.643. The first-order valence-electron chi connectivity index (χ1n) is 6.63. The Morgan fingerprint density at radius 1 is 1.44 bits per heavy atom. The van der Waals surface area contributed by atoms with Crippen molar-refractivity contribution in [1.29, 1.82) is 0 Å². The van der Waals surface area contributed by atoms with Crippen molar-refractivity contribution in [2.24, 2.45) is 5.92 Å². The summed E-state index contributed by atoms with van der Waals surface area (Å²) in [4.78, 5) is 12.9. The molecule has 0 radical (unpaired) electrons. The van der Waals surface area contributed by atoms with E-state index < -0.39 is 0 Å². The van der Waals surface area contributed by atoms with Crippen LogP contribution >= 0.6 is 22.9 Å². The molecule has 1 atom stereocenters. The third-order valence-corrected chi connectivity index (χ3v) is 4.27. The maximum Gasteiger partial charge on any atom is 0.261 e. The quantitative estimate of drug-likeness (QED) is 0.717. The zero-order chi connectivity index (χ0) is 13.4. The molecule has 1 heterocycles. The summed E-state index contributed by atoms with van der Waals surface area (Å²) in [5, 5.41) is 5.02. The first-order valence-corrected chi connectivity index (χ1v) is 8.04. The number of hydrogen-bond acceptors (Lipinski definition) is 2. The van der Waals surface area contributed by atoms with Crippen molar-refractivity contribution in [3.8, 4) is 0 Å². The number of halogens is 1. The summed E-state index contributed by atoms with van der Waals surface area (Å²) >= 11 is 7.31. The Labute approximate surface area is 119 Å². The minimum atomic E-state index is 0.0672. The highest BCUT2D eigenvalue weighted by Crippen LogP contribution is 2.18. The lowest BCUT2D eigenvalue weighted by molar-refractivity contribution is 0.0949. The van der Waals surface area contributed by atoms with E-state index in [2.05, 4.69) is 19.2 Å². The van der Waals surface area contributed by atoms with E-state index in [1.165, 1.54) is 11.3 Å². The molecule has 0 fully saturated rings. The van der Waals surface area contributed by atoms with Crippen molar-refractivity contribution in [2.75, 3.05) is 12.4 Å². The van der Waals surface area contributed by atoms with E-state index in [-0.39, 0.29) is 5.91 Å². The Hall–Kier alpha value is -0.540. The van der Waals surface area contributed by atoms with Crippen LogP contribution in [0.4, 0.5) is 0 Å². The van der Waals surface area contributed by atoms with Gasteiger partial charge in [-0.05, 0) is 42.2 Å². The number of aryl methyl sites for hydroxylation is 1. The molecule has 18 heavy (non-hydrogen) atoms. The van der Waals surface area contributed by atoms with Crippen LogP contribution < -0.4 is 5.32 Å². The molecule has 2 nitrogen and oxygen atoms in total. The number of alkyl halides is 1. The van der Waals surface area contributed by atoms with Crippen LogP contribution in [0.5, 0.6) is 0 Å². The van der Waals surface area contributed by atoms with Gasteiger partial charge in [-0.25, -0.2) is 0 Å². The second kappa shape index (κ2) is 8.54. The molecule has 1 unspecified atom stereocenters. The van der Waals surface area contributed by atoms with Crippen molar-refractivity contribution in [1.82, 2.24) is 5.32 Å². The van der Waals surface area contributed by atoms with Crippen LogP contribution in [0.3, 0.4) is 0 Å². The highest BCUT2D eigenvalue weighted by Gasteiger charge is 2.14. The molecule has 0 aliphatic carbocycles. The number of rotatable bonds is 8. The number of carbonyl (C=O) groups is 1. The molecular weight excluding hydrogens is 266 g/mol. The normalized spacial score (nSPS) is 12.4. The van der Waals surface area contributed by atoms with Crippen LogP contribution in [-0.4, -0.2) is 18.3 Å². The van der Waals surface area contributed by atoms with Gasteiger partial charge in [-0.1, -0.05) is 20.3 Å². The molecule has 0 bridgehead atoms. The van der Waals surface area contributed by atoms with Crippen molar-refractivity contribution < 1.29 is 4.79 Å². The number of hydrogen-bond donors (Lipinski definition) is 1. The molecule has 0 aliphatic rings. The van der Waals surface area contributed by atoms with E-state index in [4.69, 9.17) is 11.6 Å². The van der Waals surface area contributed by atoms with Gasteiger partial charge in [0.2, 0.25) is 0 Å². The molecular formula is C14H22ClNOS. The molecule has 1 aromatic rings. The van der Waals surface area contributed by atoms with E-state index in [0.717, 1.165) is 42.7 Å². The minimum Gasteiger partial charge on any atom is -0.351 e. The van der Waals surface area contributed by atoms with Crippen LogP contribution in [-0.2, 0) is 6.42 Å². The average molecular weight is 288 g/mol. The summed E-state index contributed by atoms with van der Waals surface area (Å²) in [6.45, 7) is 4.98. The highest BCUT2D eigenvalue weighted by molar-refractivity contribution is 7.12. The fourth-order valence-electron chi connectivity index (χ4n) is 2.04. The molecule has 1 aromatic heterocycles. The summed E-state index contributed by atoms with van der Waals surface area (Å²) in [7, 11) is 0. The Morgan fingerprint density at radius 2 is 2.22 bits per heavy atom. The molecule has 1 N–H and O–H groups in total. The van der Waals surface area contributed by atoms with Crippen molar-refractivity contribution >= 4 is 28.8 Å². The minimum absolute atomic E-state index is 0.0672. The number of carbonyl (C=O) groups excluding carboxylic acids is 1. The molecule has 0 saturated carbocycles. The van der Waals surface area contributed by atoms with Crippen LogP contribution in [0.15, 0.2) is 11.4 Å². The lowest BCUT2D eigenvalue weighted by Crippen LogP contribution is -2.29. The van der Waals surface area contributed by atoms with Gasteiger partial charge in [0.15, 0.2) is 0 Å². The summed E-state index contributed by atoms with van der Waals surface area (Å²) in [6.07, 6.45) is 4.14. The smallest absolute Gasteiger partial charge is 0.261 e. The van der Waals surface area contributed by atoms with E-state index in [1.54, 1.807) is 0 Å². The van der Waals surface area contributed by atoms with Gasteiger partial charge in [0.05, 0.1) is 4.88 Å². The largest absolute Gasteiger partial charge is 0.351 e. The van der Waals surface area contributed by atoms with Crippen molar-refractivity contribution in [3.05, 3.63) is 21.9 Å². The molecule has 102 valence electrons. The van der Waals surface area contributed by atoms with Gasteiger partial charge in [0.25, 0.3) is 5.91 Å². The van der Waals surface area contributed by atoms with Crippen LogP contribution in [0.25, 0.3) is 0 Å². The number of nitrogens with one attached hydrogen (secondary N) is 1. The number of amides is 1. The Balaban J connectivity index is 2.49. The topological polar surface area (TPSA) is 29.1 Å². The van der Waals surface area contributed by atoms with Gasteiger partial charge < -0.3 is 5.32 Å². The second-order valence-electron chi connectivity index (χ2n) is 4.47. The average Bonchev–Trinajstić information content (AvgIpc) is 2.84. The van der Waals surface area contributed by atoms with Crippen LogP contribution in [0.1, 0.15) is 48.3 Å². The standard InChI is InChI=1S/C14H22ClNOS/c1-3-5-11(6-8-15)10-16-14(17)13-12(4-2)7-9-18-13/h7,9,11H,3-6,8,10H2,1-2H3,(H,16,17). The molecule has 0 aliphatic heterocycles. The lowest BCUT2D eigenvalue weighted by atomic mass is 10.0. The first kappa shape index (κ1) is 15.5. The van der Waals surface area contributed by atoms with Crippen molar-refractivity contribution in [3.63, 3.8) is 0 Å². The zero-order valence-electron chi connectivity index (χ0n) is 11.2. The zero-order valence-corrected chi connectivity index (χ0v) is 12.7. The maximum absolute atomic E-state index is 12.1. The fourth-order valence-corrected chi connectivity index (χ4v) is 3.26. The van der Waals surface area contributed by atoms with E-state index in [1.807, 2.05) is 11.4 Å². The van der Waals surface area contributed by atoms with Gasteiger partial charge in [0.1, 0.15) is 0 Å². The molecule has 0 aromatic carbocycles. The van der Waals surface area contributed by atoms with Crippen LogP contribution in [0, 0.1) is 5.92 Å². The summed E-state index contributed by atoms with van der Waals surface area (Å²) in [5.41, 5.74) is 1.14. The molecule has 0 saturated heterocycles. The third kappa shape index (κ3) is 4.62. The van der Waals surface area contributed by atoms with Crippen LogP contribution in [0.2, 0.25) is 0 Å². The van der Waals surface area contributed by atoms with Crippen molar-refractivity contribution in [2.45, 2.75) is 39.5 Å². The number of thiophene rings is 1. The second-order valence-corrected chi connectivity index (χ2v) is 5.76. The SMILES string of the molecule is CCCC(CCCl)CNC(=O)c1sccc1CC. The van der Waals surface area contributed by atoms with Gasteiger partial charge in [-0.2, -0.15) is 0 Å². The molecule has 0 spiro atoms. The Morgan fingerprint density at radius 3 is 2.83 bits per heavy atom. The van der Waals surface area contributed by atoms with Gasteiger partial charge in [-0.15, -0.1) is 22.9 Å². The first-order chi connectivity index (χ1) is 8.72. The van der Waals surface area contributed by atoms with E-state index >= 15 is 0 Å². The summed E-state index contributed by atoms with van der Waals surface area (Å²) in [6, 6.07) is 2.03. The molecule has 1 amide bonds.